The molecule has 0 unspecified atom stereocenters. The zero-order valence-corrected chi connectivity index (χ0v) is 10.5. The molecule has 0 bridgehead atoms. The van der Waals surface area contributed by atoms with Crippen LogP contribution in [0.4, 0.5) is 5.82 Å². The zero-order chi connectivity index (χ0) is 11.4. The van der Waals surface area contributed by atoms with E-state index in [1.165, 1.54) is 0 Å². The molecule has 0 spiro atoms. The van der Waals surface area contributed by atoms with Gasteiger partial charge in [-0.1, -0.05) is 6.92 Å². The monoisotopic (exact) mass is 281 g/mol. The van der Waals surface area contributed by atoms with Crippen LogP contribution >= 0.6 is 15.9 Å². The quantitative estimate of drug-likeness (QED) is 0.934. The number of aromatic nitrogens is 2. The molecule has 1 N–H and O–H groups in total. The highest BCUT2D eigenvalue weighted by Gasteiger charge is 2.09. The van der Waals surface area contributed by atoms with Crippen molar-refractivity contribution < 1.29 is 4.42 Å². The largest absolute Gasteiger partial charge is 0.461 e. The number of hydrogen-bond donors (Lipinski definition) is 1. The van der Waals surface area contributed by atoms with E-state index >= 15 is 0 Å². The Balaban J connectivity index is 2.26. The Morgan fingerprint density at radius 1 is 1.44 bits per heavy atom. The lowest BCUT2D eigenvalue weighted by Crippen LogP contribution is -2.02. The molecule has 0 atom stereocenters. The van der Waals surface area contributed by atoms with Crippen molar-refractivity contribution in [2.24, 2.45) is 0 Å². The number of halogens is 1. The Kier molecular flexibility index (Phi) is 3.56. The number of nitrogens with one attached hydrogen (secondary N) is 1. The third-order valence-electron chi connectivity index (χ3n) is 2.04. The second-order valence-corrected chi connectivity index (χ2v) is 4.17. The summed E-state index contributed by atoms with van der Waals surface area (Å²) >= 11 is 3.40. The van der Waals surface area contributed by atoms with Gasteiger partial charge in [0.15, 0.2) is 5.76 Å². The summed E-state index contributed by atoms with van der Waals surface area (Å²) in [6.45, 7) is 2.99. The number of rotatable bonds is 4. The van der Waals surface area contributed by atoms with Crippen molar-refractivity contribution in [1.29, 1.82) is 0 Å². The smallest absolute Gasteiger partial charge is 0.168 e. The molecule has 2 aromatic rings. The Morgan fingerprint density at radius 2 is 2.31 bits per heavy atom. The molecule has 5 heteroatoms. The second kappa shape index (κ2) is 5.12. The highest BCUT2D eigenvalue weighted by atomic mass is 79.9. The highest BCUT2D eigenvalue weighted by Crippen LogP contribution is 2.27. The molecule has 84 valence electrons. The Bertz CT molecular complexity index is 470. The first kappa shape index (κ1) is 11.1. The molecule has 0 aromatic carbocycles. The maximum atomic E-state index is 5.33. The molecule has 0 aliphatic heterocycles. The van der Waals surface area contributed by atoms with Crippen molar-refractivity contribution in [3.8, 4) is 11.5 Å². The number of furan rings is 1. The van der Waals surface area contributed by atoms with Gasteiger partial charge in [0.2, 0.25) is 0 Å². The number of anilines is 1. The maximum absolute atomic E-state index is 5.33. The van der Waals surface area contributed by atoms with Crippen molar-refractivity contribution in [2.75, 3.05) is 11.9 Å². The predicted octanol–water partition coefficient (Wildman–Crippen LogP) is 3.32. The molecule has 0 aliphatic rings. The fourth-order valence-corrected chi connectivity index (χ4v) is 1.69. The van der Waals surface area contributed by atoms with Crippen LogP contribution in [0.5, 0.6) is 0 Å². The minimum absolute atomic E-state index is 0.702. The van der Waals surface area contributed by atoms with Gasteiger partial charge in [0.1, 0.15) is 11.5 Å². The fourth-order valence-electron chi connectivity index (χ4n) is 1.29. The standard InChI is InChI=1S/C11H12BrN3O/c1-2-4-14-10-7-13-6-9(15-10)11-8(12)3-5-16-11/h3,5-7H,2,4H2,1H3,(H,14,15). The van der Waals surface area contributed by atoms with Gasteiger partial charge < -0.3 is 9.73 Å². The number of nitrogens with zero attached hydrogens (tertiary/aromatic N) is 2. The minimum atomic E-state index is 0.702. The molecule has 2 rings (SSSR count). The topological polar surface area (TPSA) is 51.0 Å². The van der Waals surface area contributed by atoms with Crippen molar-refractivity contribution in [3.63, 3.8) is 0 Å². The van der Waals surface area contributed by atoms with Crippen molar-refractivity contribution >= 4 is 21.7 Å². The highest BCUT2D eigenvalue weighted by molar-refractivity contribution is 9.10. The average molecular weight is 282 g/mol. The van der Waals surface area contributed by atoms with Crippen LogP contribution in [0.3, 0.4) is 0 Å². The summed E-state index contributed by atoms with van der Waals surface area (Å²) in [5.74, 6) is 1.47. The summed E-state index contributed by atoms with van der Waals surface area (Å²) in [7, 11) is 0. The molecular weight excluding hydrogens is 270 g/mol. The molecule has 0 radical (unpaired) electrons. The molecule has 0 fully saturated rings. The Morgan fingerprint density at radius 3 is 3.00 bits per heavy atom. The fraction of sp³-hybridized carbons (Fsp3) is 0.273. The van der Waals surface area contributed by atoms with Crippen LogP contribution in [0, 0.1) is 0 Å². The van der Waals surface area contributed by atoms with Crippen LogP contribution in [0.2, 0.25) is 0 Å². The lowest BCUT2D eigenvalue weighted by atomic mass is 10.3. The molecule has 2 heterocycles. The molecule has 0 amide bonds. The molecule has 0 aliphatic carbocycles. The third kappa shape index (κ3) is 2.41. The van der Waals surface area contributed by atoms with E-state index in [4.69, 9.17) is 4.42 Å². The van der Waals surface area contributed by atoms with E-state index in [1.807, 2.05) is 6.07 Å². The van der Waals surface area contributed by atoms with E-state index in [-0.39, 0.29) is 0 Å². The molecule has 16 heavy (non-hydrogen) atoms. The van der Waals surface area contributed by atoms with Crippen LogP contribution in [0.25, 0.3) is 11.5 Å². The zero-order valence-electron chi connectivity index (χ0n) is 8.90. The van der Waals surface area contributed by atoms with Gasteiger partial charge in [-0.05, 0) is 28.4 Å². The van der Waals surface area contributed by atoms with Crippen LogP contribution < -0.4 is 5.32 Å². The van der Waals surface area contributed by atoms with Crippen molar-refractivity contribution in [2.45, 2.75) is 13.3 Å². The summed E-state index contributed by atoms with van der Waals surface area (Å²) in [6.07, 6.45) is 6.06. The van der Waals surface area contributed by atoms with Crippen LogP contribution in [0.15, 0.2) is 33.6 Å². The summed E-state index contributed by atoms with van der Waals surface area (Å²) in [4.78, 5) is 8.54. The average Bonchev–Trinajstić information content (AvgIpc) is 2.73. The molecule has 0 saturated carbocycles. The van der Waals surface area contributed by atoms with Crippen LogP contribution in [0.1, 0.15) is 13.3 Å². The maximum Gasteiger partial charge on any atom is 0.168 e. The van der Waals surface area contributed by atoms with E-state index in [1.54, 1.807) is 18.7 Å². The van der Waals surface area contributed by atoms with Gasteiger partial charge in [-0.3, -0.25) is 4.98 Å². The van der Waals surface area contributed by atoms with Crippen molar-refractivity contribution in [3.05, 3.63) is 29.2 Å². The van der Waals surface area contributed by atoms with Crippen LogP contribution in [-0.2, 0) is 0 Å². The van der Waals surface area contributed by atoms with Gasteiger partial charge in [-0.15, -0.1) is 0 Å². The van der Waals surface area contributed by atoms with Gasteiger partial charge in [-0.2, -0.15) is 0 Å². The van der Waals surface area contributed by atoms with Gasteiger partial charge in [-0.25, -0.2) is 4.98 Å². The van der Waals surface area contributed by atoms with Gasteiger partial charge >= 0.3 is 0 Å². The van der Waals surface area contributed by atoms with E-state index in [9.17, 15) is 0 Å². The SMILES string of the molecule is CCCNc1cncc(-c2occc2Br)n1. The van der Waals surface area contributed by atoms with E-state index in [2.05, 4.69) is 38.1 Å². The van der Waals surface area contributed by atoms with Gasteiger partial charge in [0.05, 0.1) is 23.1 Å². The van der Waals surface area contributed by atoms with E-state index in [0.29, 0.717) is 5.76 Å². The lowest BCUT2D eigenvalue weighted by molar-refractivity contribution is 0.578. The minimum Gasteiger partial charge on any atom is -0.461 e. The summed E-state index contributed by atoms with van der Waals surface area (Å²) in [5.41, 5.74) is 0.720. The molecule has 4 nitrogen and oxygen atoms in total. The first-order valence-corrected chi connectivity index (χ1v) is 5.90. The summed E-state index contributed by atoms with van der Waals surface area (Å²) < 4.78 is 6.22. The first-order valence-electron chi connectivity index (χ1n) is 5.10. The molecular formula is C11H12BrN3O. The first-order chi connectivity index (χ1) is 7.81. The Hall–Kier alpha value is -1.36. The van der Waals surface area contributed by atoms with Crippen molar-refractivity contribution in [1.82, 2.24) is 9.97 Å². The Labute approximate surface area is 102 Å². The van der Waals surface area contributed by atoms with E-state index in [0.717, 1.165) is 29.0 Å². The van der Waals surface area contributed by atoms with Crippen LogP contribution in [-0.4, -0.2) is 16.5 Å². The summed E-state index contributed by atoms with van der Waals surface area (Å²) in [5, 5.41) is 3.19. The predicted molar refractivity (Wildman–Crippen MR) is 66.2 cm³/mol. The third-order valence-corrected chi connectivity index (χ3v) is 2.66. The number of hydrogen-bond acceptors (Lipinski definition) is 4. The lowest BCUT2D eigenvalue weighted by Gasteiger charge is -2.04. The second-order valence-electron chi connectivity index (χ2n) is 3.31. The summed E-state index contributed by atoms with van der Waals surface area (Å²) in [6, 6.07) is 1.84. The normalized spacial score (nSPS) is 10.4. The van der Waals surface area contributed by atoms with Gasteiger partial charge in [0.25, 0.3) is 0 Å². The van der Waals surface area contributed by atoms with E-state index < -0.39 is 0 Å². The molecule has 0 saturated heterocycles. The van der Waals surface area contributed by atoms with Gasteiger partial charge in [0, 0.05) is 6.54 Å². The molecule has 2 aromatic heterocycles.